The Labute approximate surface area is 76.2 Å². The van der Waals surface area contributed by atoms with Gasteiger partial charge in [-0.05, 0) is 20.8 Å². The maximum Gasteiger partial charge on any atom is 0.336 e. The topological polar surface area (TPSA) is 74.6 Å². The van der Waals surface area contributed by atoms with Crippen molar-refractivity contribution in [1.82, 2.24) is 0 Å². The van der Waals surface area contributed by atoms with Crippen LogP contribution in [0.15, 0.2) is 22.8 Å². The largest absolute Gasteiger partial charge is 0.478 e. The zero-order valence-electron chi connectivity index (χ0n) is 7.79. The molecule has 0 atom stereocenters. The highest BCUT2D eigenvalue weighted by Gasteiger charge is 2.19. The van der Waals surface area contributed by atoms with Crippen LogP contribution in [0.2, 0.25) is 0 Å². The second kappa shape index (κ2) is 4.45. The van der Waals surface area contributed by atoms with Gasteiger partial charge in [-0.1, -0.05) is 11.6 Å². The number of carbonyl (C=O) groups is 2. The quantitative estimate of drug-likeness (QED) is 0.514. The molecule has 0 bridgehead atoms. The van der Waals surface area contributed by atoms with E-state index in [1.165, 1.54) is 13.0 Å². The SMILES string of the molecule is C/C=C(\C(=O)O)C(C(=O)O)=C(C)C. The molecule has 13 heavy (non-hydrogen) atoms. The molecule has 0 aliphatic carbocycles. The molecule has 72 valence electrons. The summed E-state index contributed by atoms with van der Waals surface area (Å²) in [6.45, 7) is 4.63. The third-order valence-corrected chi connectivity index (χ3v) is 1.50. The minimum atomic E-state index is -1.22. The van der Waals surface area contributed by atoms with Crippen LogP contribution in [0.5, 0.6) is 0 Å². The van der Waals surface area contributed by atoms with Crippen LogP contribution in [-0.2, 0) is 9.59 Å². The molecule has 0 aromatic carbocycles. The normalized spacial score (nSPS) is 10.8. The smallest absolute Gasteiger partial charge is 0.336 e. The van der Waals surface area contributed by atoms with Gasteiger partial charge in [0.25, 0.3) is 0 Å². The summed E-state index contributed by atoms with van der Waals surface area (Å²) in [5.41, 5.74) is 0.158. The van der Waals surface area contributed by atoms with Gasteiger partial charge in [0.15, 0.2) is 0 Å². The first kappa shape index (κ1) is 11.4. The van der Waals surface area contributed by atoms with Crippen LogP contribution in [0.1, 0.15) is 20.8 Å². The van der Waals surface area contributed by atoms with E-state index < -0.39 is 11.9 Å². The van der Waals surface area contributed by atoms with Gasteiger partial charge in [0.2, 0.25) is 0 Å². The van der Waals surface area contributed by atoms with Crippen molar-refractivity contribution in [3.63, 3.8) is 0 Å². The number of hydrogen-bond donors (Lipinski definition) is 2. The van der Waals surface area contributed by atoms with E-state index in [1.54, 1.807) is 13.8 Å². The molecule has 0 aliphatic heterocycles. The standard InChI is InChI=1S/C9H12O4/c1-4-6(8(10)11)7(5(2)3)9(12)13/h4H,1-3H3,(H,10,11)(H,12,13)/b6-4-. The predicted molar refractivity (Wildman–Crippen MR) is 47.4 cm³/mol. The summed E-state index contributed by atoms with van der Waals surface area (Å²) in [6, 6.07) is 0. The van der Waals surface area contributed by atoms with Crippen LogP contribution < -0.4 is 0 Å². The molecule has 0 aliphatic rings. The molecule has 0 saturated heterocycles. The number of carboxylic acid groups (broad SMARTS) is 2. The molecule has 0 radical (unpaired) electrons. The number of hydrogen-bond acceptors (Lipinski definition) is 2. The van der Waals surface area contributed by atoms with Gasteiger partial charge in [0, 0.05) is 0 Å². The van der Waals surface area contributed by atoms with E-state index in [0.717, 1.165) is 0 Å². The van der Waals surface area contributed by atoms with Gasteiger partial charge in [-0.2, -0.15) is 0 Å². The lowest BCUT2D eigenvalue weighted by atomic mass is 10.0. The van der Waals surface area contributed by atoms with Gasteiger partial charge < -0.3 is 10.2 Å². The summed E-state index contributed by atoms with van der Waals surface area (Å²) in [6.07, 6.45) is 1.28. The summed E-state index contributed by atoms with van der Waals surface area (Å²) < 4.78 is 0. The molecule has 0 aromatic rings. The fourth-order valence-electron chi connectivity index (χ4n) is 0.973. The number of aliphatic carboxylic acids is 2. The van der Waals surface area contributed by atoms with Gasteiger partial charge >= 0.3 is 11.9 Å². The molecule has 0 aromatic heterocycles. The molecule has 0 spiro atoms. The van der Waals surface area contributed by atoms with Crippen LogP contribution >= 0.6 is 0 Å². The first-order valence-corrected chi connectivity index (χ1v) is 3.72. The van der Waals surface area contributed by atoms with Crippen molar-refractivity contribution in [2.75, 3.05) is 0 Å². The molecule has 4 heteroatoms. The van der Waals surface area contributed by atoms with Crippen LogP contribution in [0, 0.1) is 0 Å². The predicted octanol–water partition coefficient (Wildman–Crippen LogP) is 1.44. The molecule has 0 fully saturated rings. The summed E-state index contributed by atoms with van der Waals surface area (Å²) >= 11 is 0. The molecule has 0 unspecified atom stereocenters. The zero-order valence-corrected chi connectivity index (χ0v) is 7.79. The number of carboxylic acids is 2. The Kier molecular flexibility index (Phi) is 3.91. The van der Waals surface area contributed by atoms with Gasteiger partial charge in [0.1, 0.15) is 0 Å². The fraction of sp³-hybridized carbons (Fsp3) is 0.333. The average molecular weight is 184 g/mol. The molecule has 0 heterocycles. The van der Waals surface area contributed by atoms with E-state index in [1.807, 2.05) is 0 Å². The van der Waals surface area contributed by atoms with Crippen LogP contribution in [-0.4, -0.2) is 22.2 Å². The monoisotopic (exact) mass is 184 g/mol. The highest BCUT2D eigenvalue weighted by Crippen LogP contribution is 2.15. The summed E-state index contributed by atoms with van der Waals surface area (Å²) in [7, 11) is 0. The van der Waals surface area contributed by atoms with E-state index in [4.69, 9.17) is 10.2 Å². The molecule has 4 nitrogen and oxygen atoms in total. The third kappa shape index (κ3) is 2.74. The van der Waals surface area contributed by atoms with Crippen molar-refractivity contribution in [3.05, 3.63) is 22.8 Å². The summed E-state index contributed by atoms with van der Waals surface area (Å²) in [5.74, 6) is -2.43. The van der Waals surface area contributed by atoms with Crippen LogP contribution in [0.3, 0.4) is 0 Å². The highest BCUT2D eigenvalue weighted by molar-refractivity contribution is 6.05. The molecular weight excluding hydrogens is 172 g/mol. The Morgan fingerprint density at radius 3 is 1.62 bits per heavy atom. The highest BCUT2D eigenvalue weighted by atomic mass is 16.4. The lowest BCUT2D eigenvalue weighted by Crippen LogP contribution is -2.12. The molecular formula is C9H12O4. The second-order valence-electron chi connectivity index (χ2n) is 2.69. The van der Waals surface area contributed by atoms with Crippen molar-refractivity contribution in [2.45, 2.75) is 20.8 Å². The second-order valence-corrected chi connectivity index (χ2v) is 2.69. The molecule has 0 rings (SSSR count). The number of rotatable bonds is 3. The summed E-state index contributed by atoms with van der Waals surface area (Å²) in [5, 5.41) is 17.4. The maximum absolute atomic E-state index is 10.7. The van der Waals surface area contributed by atoms with Gasteiger partial charge in [-0.3, -0.25) is 0 Å². The van der Waals surface area contributed by atoms with E-state index in [-0.39, 0.29) is 11.1 Å². The molecule has 0 saturated carbocycles. The van der Waals surface area contributed by atoms with E-state index in [2.05, 4.69) is 0 Å². The Balaban J connectivity index is 5.34. The fourth-order valence-corrected chi connectivity index (χ4v) is 0.973. The molecule has 0 amide bonds. The van der Waals surface area contributed by atoms with Crippen LogP contribution in [0.4, 0.5) is 0 Å². The summed E-state index contributed by atoms with van der Waals surface area (Å²) in [4.78, 5) is 21.3. The minimum absolute atomic E-state index is 0.144. The molecule has 2 N–H and O–H groups in total. The Bertz CT molecular complexity index is 293. The van der Waals surface area contributed by atoms with Crippen molar-refractivity contribution < 1.29 is 19.8 Å². The maximum atomic E-state index is 10.7. The van der Waals surface area contributed by atoms with Crippen molar-refractivity contribution >= 4 is 11.9 Å². The van der Waals surface area contributed by atoms with Crippen molar-refractivity contribution in [1.29, 1.82) is 0 Å². The first-order valence-electron chi connectivity index (χ1n) is 3.72. The minimum Gasteiger partial charge on any atom is -0.478 e. The van der Waals surface area contributed by atoms with Gasteiger partial charge in [-0.15, -0.1) is 0 Å². The lowest BCUT2D eigenvalue weighted by Gasteiger charge is -2.04. The Morgan fingerprint density at radius 2 is 1.54 bits per heavy atom. The van der Waals surface area contributed by atoms with Crippen molar-refractivity contribution in [2.24, 2.45) is 0 Å². The van der Waals surface area contributed by atoms with Crippen molar-refractivity contribution in [3.8, 4) is 0 Å². The van der Waals surface area contributed by atoms with E-state index in [0.29, 0.717) is 5.57 Å². The van der Waals surface area contributed by atoms with E-state index >= 15 is 0 Å². The van der Waals surface area contributed by atoms with Crippen LogP contribution in [0.25, 0.3) is 0 Å². The lowest BCUT2D eigenvalue weighted by molar-refractivity contribution is -0.136. The van der Waals surface area contributed by atoms with Gasteiger partial charge in [-0.25, -0.2) is 9.59 Å². The third-order valence-electron chi connectivity index (χ3n) is 1.50. The Morgan fingerprint density at radius 1 is 1.08 bits per heavy atom. The number of allylic oxidation sites excluding steroid dienone is 2. The average Bonchev–Trinajstić information content (AvgIpc) is 1.97. The van der Waals surface area contributed by atoms with E-state index in [9.17, 15) is 9.59 Å². The first-order chi connectivity index (χ1) is 5.91. The van der Waals surface area contributed by atoms with Gasteiger partial charge in [0.05, 0.1) is 11.1 Å². The zero-order chi connectivity index (χ0) is 10.6. The Hall–Kier alpha value is -1.58.